The van der Waals surface area contributed by atoms with Crippen LogP contribution in [0.1, 0.15) is 49.4 Å². The molecule has 0 spiro atoms. The van der Waals surface area contributed by atoms with Crippen LogP contribution >= 0.6 is 11.6 Å². The summed E-state index contributed by atoms with van der Waals surface area (Å²) in [6.45, 7) is 2.21. The molecular weight excluding hydrogens is 262 g/mol. The minimum atomic E-state index is -0.339. The minimum Gasteiger partial charge on any atom is -0.459 e. The lowest BCUT2D eigenvalue weighted by molar-refractivity contribution is 0.0165. The summed E-state index contributed by atoms with van der Waals surface area (Å²) in [5.74, 6) is 0.449. The second kappa shape index (κ2) is 6.29. The monoisotopic (exact) mass is 281 g/mol. The number of hydrogen-bond acceptors (Lipinski definition) is 3. The molecule has 0 unspecified atom stereocenters. The maximum absolute atomic E-state index is 12.1. The van der Waals surface area contributed by atoms with Crippen LogP contribution in [0.25, 0.3) is 0 Å². The Hall–Kier alpha value is -1.22. The Balaban J connectivity index is 1.94. The van der Waals surface area contributed by atoms with Crippen molar-refractivity contribution in [1.29, 1.82) is 0 Å². The average Bonchev–Trinajstić information content (AvgIpc) is 2.39. The van der Waals surface area contributed by atoms with Gasteiger partial charge in [0.1, 0.15) is 6.10 Å². The number of nitrogen functional groups attached to an aromatic ring is 1. The summed E-state index contributed by atoms with van der Waals surface area (Å²) in [6, 6.07) is 4.85. The van der Waals surface area contributed by atoms with Crippen LogP contribution in [0.15, 0.2) is 18.2 Å². The summed E-state index contributed by atoms with van der Waals surface area (Å²) in [4.78, 5) is 12.1. The largest absolute Gasteiger partial charge is 0.459 e. The summed E-state index contributed by atoms with van der Waals surface area (Å²) in [7, 11) is 0. The quantitative estimate of drug-likeness (QED) is 0.672. The van der Waals surface area contributed by atoms with Gasteiger partial charge in [0, 0.05) is 10.7 Å². The first-order chi connectivity index (χ1) is 9.10. The molecule has 1 fully saturated rings. The van der Waals surface area contributed by atoms with E-state index in [-0.39, 0.29) is 12.1 Å². The number of halogens is 1. The SMILES string of the molecule is CCC1CCC(OC(=O)c2ccc(Cl)cc2N)CC1. The predicted octanol–water partition coefficient (Wildman–Crippen LogP) is 4.05. The molecule has 0 radical (unpaired) electrons. The van der Waals surface area contributed by atoms with Crippen LogP contribution in [-0.4, -0.2) is 12.1 Å². The second-order valence-electron chi connectivity index (χ2n) is 5.19. The zero-order valence-corrected chi connectivity index (χ0v) is 12.0. The topological polar surface area (TPSA) is 52.3 Å². The Morgan fingerprint density at radius 1 is 1.37 bits per heavy atom. The lowest BCUT2D eigenvalue weighted by Crippen LogP contribution is -2.24. The molecule has 1 aromatic rings. The van der Waals surface area contributed by atoms with Gasteiger partial charge in [-0.05, 0) is 49.8 Å². The van der Waals surface area contributed by atoms with Crippen LogP contribution in [-0.2, 0) is 4.74 Å². The molecule has 2 rings (SSSR count). The number of carbonyl (C=O) groups excluding carboxylic acids is 1. The number of carbonyl (C=O) groups is 1. The smallest absolute Gasteiger partial charge is 0.340 e. The molecule has 2 N–H and O–H groups in total. The third-order valence-electron chi connectivity index (χ3n) is 3.88. The van der Waals surface area contributed by atoms with E-state index in [1.165, 1.54) is 6.42 Å². The van der Waals surface area contributed by atoms with Crippen molar-refractivity contribution in [3.8, 4) is 0 Å². The molecule has 1 aromatic carbocycles. The number of benzene rings is 1. The van der Waals surface area contributed by atoms with E-state index >= 15 is 0 Å². The highest BCUT2D eigenvalue weighted by Gasteiger charge is 2.24. The fourth-order valence-electron chi connectivity index (χ4n) is 2.59. The van der Waals surface area contributed by atoms with Crippen molar-refractivity contribution in [2.45, 2.75) is 45.1 Å². The van der Waals surface area contributed by atoms with Crippen LogP contribution in [0.5, 0.6) is 0 Å². The minimum absolute atomic E-state index is 0.0328. The molecule has 19 heavy (non-hydrogen) atoms. The van der Waals surface area contributed by atoms with Crippen molar-refractivity contribution in [2.24, 2.45) is 5.92 Å². The summed E-state index contributed by atoms with van der Waals surface area (Å²) in [5, 5.41) is 0.525. The highest BCUT2D eigenvalue weighted by atomic mass is 35.5. The van der Waals surface area contributed by atoms with Crippen LogP contribution in [0.2, 0.25) is 5.02 Å². The van der Waals surface area contributed by atoms with Crippen molar-refractivity contribution in [3.05, 3.63) is 28.8 Å². The molecule has 0 saturated heterocycles. The number of nitrogens with two attached hydrogens (primary N) is 1. The van der Waals surface area contributed by atoms with Crippen molar-refractivity contribution < 1.29 is 9.53 Å². The number of hydrogen-bond donors (Lipinski definition) is 1. The van der Waals surface area contributed by atoms with E-state index in [1.807, 2.05) is 0 Å². The Labute approximate surface area is 119 Å². The maximum Gasteiger partial charge on any atom is 0.340 e. The van der Waals surface area contributed by atoms with Crippen LogP contribution in [0.4, 0.5) is 5.69 Å². The maximum atomic E-state index is 12.1. The Kier molecular flexibility index (Phi) is 4.70. The van der Waals surface area contributed by atoms with Gasteiger partial charge in [-0.15, -0.1) is 0 Å². The van der Waals surface area contributed by atoms with Crippen LogP contribution < -0.4 is 5.73 Å². The molecule has 0 heterocycles. The van der Waals surface area contributed by atoms with E-state index in [1.54, 1.807) is 18.2 Å². The summed E-state index contributed by atoms with van der Waals surface area (Å²) < 4.78 is 5.53. The van der Waals surface area contributed by atoms with Gasteiger partial charge in [0.15, 0.2) is 0 Å². The van der Waals surface area contributed by atoms with Gasteiger partial charge >= 0.3 is 5.97 Å². The normalized spacial score (nSPS) is 23.1. The van der Waals surface area contributed by atoms with E-state index < -0.39 is 0 Å². The van der Waals surface area contributed by atoms with Crippen molar-refractivity contribution in [1.82, 2.24) is 0 Å². The van der Waals surface area contributed by atoms with Gasteiger partial charge in [-0.3, -0.25) is 0 Å². The van der Waals surface area contributed by atoms with Gasteiger partial charge in [0.25, 0.3) is 0 Å². The van der Waals surface area contributed by atoms with Crippen LogP contribution in [0, 0.1) is 5.92 Å². The van der Waals surface area contributed by atoms with E-state index in [0.717, 1.165) is 31.6 Å². The van der Waals surface area contributed by atoms with Gasteiger partial charge in [0.2, 0.25) is 0 Å². The molecule has 4 heteroatoms. The van der Waals surface area contributed by atoms with Gasteiger partial charge in [0.05, 0.1) is 5.56 Å². The summed E-state index contributed by atoms with van der Waals surface area (Å²) >= 11 is 5.81. The van der Waals surface area contributed by atoms with E-state index in [9.17, 15) is 4.79 Å². The first-order valence-electron chi connectivity index (χ1n) is 6.86. The Morgan fingerprint density at radius 3 is 2.63 bits per heavy atom. The third-order valence-corrected chi connectivity index (χ3v) is 4.11. The molecule has 1 aliphatic rings. The molecule has 1 saturated carbocycles. The number of ether oxygens (including phenoxy) is 1. The fourth-order valence-corrected chi connectivity index (χ4v) is 2.77. The van der Waals surface area contributed by atoms with Crippen LogP contribution in [0.3, 0.4) is 0 Å². The summed E-state index contributed by atoms with van der Waals surface area (Å²) in [6.07, 6.45) is 5.44. The summed E-state index contributed by atoms with van der Waals surface area (Å²) in [5.41, 5.74) is 6.57. The third kappa shape index (κ3) is 3.63. The Morgan fingerprint density at radius 2 is 2.05 bits per heavy atom. The Bertz CT molecular complexity index is 453. The molecule has 0 atom stereocenters. The first kappa shape index (κ1) is 14.2. The number of rotatable bonds is 3. The van der Waals surface area contributed by atoms with Crippen molar-refractivity contribution >= 4 is 23.3 Å². The van der Waals surface area contributed by atoms with Gasteiger partial charge < -0.3 is 10.5 Å². The molecule has 0 aliphatic heterocycles. The molecule has 1 aliphatic carbocycles. The van der Waals surface area contributed by atoms with Gasteiger partial charge in [-0.25, -0.2) is 4.79 Å². The first-order valence-corrected chi connectivity index (χ1v) is 7.24. The molecule has 104 valence electrons. The predicted molar refractivity (Wildman–Crippen MR) is 77.3 cm³/mol. The van der Waals surface area contributed by atoms with E-state index in [4.69, 9.17) is 22.1 Å². The molecule has 0 bridgehead atoms. The van der Waals surface area contributed by atoms with Gasteiger partial charge in [-0.2, -0.15) is 0 Å². The lowest BCUT2D eigenvalue weighted by Gasteiger charge is -2.27. The average molecular weight is 282 g/mol. The zero-order chi connectivity index (χ0) is 13.8. The molecule has 0 amide bonds. The molecule has 0 aromatic heterocycles. The second-order valence-corrected chi connectivity index (χ2v) is 5.62. The number of esters is 1. The highest BCUT2D eigenvalue weighted by Crippen LogP contribution is 2.29. The standard InChI is InChI=1S/C15H20ClNO2/c1-2-10-3-6-12(7-4-10)19-15(18)13-8-5-11(16)9-14(13)17/h5,8-10,12H,2-4,6-7,17H2,1H3. The fraction of sp³-hybridized carbons (Fsp3) is 0.533. The van der Waals surface area contributed by atoms with E-state index in [2.05, 4.69) is 6.92 Å². The molecular formula is C15H20ClNO2. The van der Waals surface area contributed by atoms with Crippen molar-refractivity contribution in [2.75, 3.05) is 5.73 Å². The highest BCUT2D eigenvalue weighted by molar-refractivity contribution is 6.31. The number of anilines is 1. The van der Waals surface area contributed by atoms with E-state index in [0.29, 0.717) is 16.3 Å². The van der Waals surface area contributed by atoms with Gasteiger partial charge in [-0.1, -0.05) is 24.9 Å². The van der Waals surface area contributed by atoms with Crippen molar-refractivity contribution in [3.63, 3.8) is 0 Å². The lowest BCUT2D eigenvalue weighted by atomic mass is 9.86. The molecule has 3 nitrogen and oxygen atoms in total. The zero-order valence-electron chi connectivity index (χ0n) is 11.2.